The summed E-state index contributed by atoms with van der Waals surface area (Å²) in [5.41, 5.74) is 2.18. The molecule has 6 rings (SSSR count). The minimum Gasteiger partial charge on any atom is -0.493 e. The highest BCUT2D eigenvalue weighted by Gasteiger charge is 2.54. The standard InChI is InChI=1S/C20H28N4O3S/c1-20(2)14-7-6-13(16(20)8-14)11-27-17-9-18-21-22-19(23-28(3,25)26)24(18)10-15(17)12-4-5-12/h9-10,12-14,16H,4-8,11H2,1-3H3,(H,22,23). The number of ether oxygens (including phenoxy) is 1. The molecule has 28 heavy (non-hydrogen) atoms. The Labute approximate surface area is 165 Å². The van der Waals surface area contributed by atoms with Gasteiger partial charge in [0.1, 0.15) is 5.75 Å². The summed E-state index contributed by atoms with van der Waals surface area (Å²) >= 11 is 0. The molecule has 3 atom stereocenters. The summed E-state index contributed by atoms with van der Waals surface area (Å²) in [6, 6.07) is 1.91. The summed E-state index contributed by atoms with van der Waals surface area (Å²) in [4.78, 5) is 0. The molecule has 2 aromatic heterocycles. The van der Waals surface area contributed by atoms with Gasteiger partial charge in [0.05, 0.1) is 12.9 Å². The quantitative estimate of drug-likeness (QED) is 0.797. The van der Waals surface area contributed by atoms with Gasteiger partial charge in [-0.15, -0.1) is 10.2 Å². The van der Waals surface area contributed by atoms with Gasteiger partial charge in [-0.1, -0.05) is 13.8 Å². The number of hydrogen-bond donors (Lipinski definition) is 1. The minimum atomic E-state index is -3.41. The highest BCUT2D eigenvalue weighted by molar-refractivity contribution is 7.91. The average molecular weight is 405 g/mol. The number of pyridine rings is 1. The van der Waals surface area contributed by atoms with E-state index in [1.54, 1.807) is 4.40 Å². The van der Waals surface area contributed by atoms with Gasteiger partial charge in [-0.2, -0.15) is 0 Å². The number of hydrogen-bond acceptors (Lipinski definition) is 5. The lowest BCUT2D eigenvalue weighted by Crippen LogP contribution is -2.53. The molecule has 3 unspecified atom stereocenters. The van der Waals surface area contributed by atoms with Gasteiger partial charge < -0.3 is 4.74 Å². The van der Waals surface area contributed by atoms with Gasteiger partial charge >= 0.3 is 0 Å². The zero-order chi connectivity index (χ0) is 19.7. The van der Waals surface area contributed by atoms with E-state index in [1.807, 2.05) is 12.3 Å². The van der Waals surface area contributed by atoms with E-state index in [9.17, 15) is 8.42 Å². The summed E-state index contributed by atoms with van der Waals surface area (Å²) in [7, 11) is -3.41. The van der Waals surface area contributed by atoms with Crippen molar-refractivity contribution in [2.75, 3.05) is 17.6 Å². The Morgan fingerprint density at radius 3 is 2.68 bits per heavy atom. The van der Waals surface area contributed by atoms with Crippen LogP contribution in [0.5, 0.6) is 5.75 Å². The van der Waals surface area contributed by atoms with E-state index in [1.165, 1.54) is 19.3 Å². The molecule has 152 valence electrons. The van der Waals surface area contributed by atoms with E-state index in [0.717, 1.165) is 48.9 Å². The third-order valence-corrected chi connectivity index (χ3v) is 7.84. The lowest BCUT2D eigenvalue weighted by Gasteiger charge is -2.60. The number of anilines is 1. The number of rotatable bonds is 6. The van der Waals surface area contributed by atoms with Crippen LogP contribution in [0.25, 0.3) is 5.65 Å². The Morgan fingerprint density at radius 2 is 2.04 bits per heavy atom. The van der Waals surface area contributed by atoms with Crippen molar-refractivity contribution in [2.45, 2.75) is 51.9 Å². The van der Waals surface area contributed by atoms with Crippen molar-refractivity contribution in [3.8, 4) is 5.75 Å². The summed E-state index contributed by atoms with van der Waals surface area (Å²) in [5, 5.41) is 8.13. The first-order chi connectivity index (χ1) is 13.2. The Balaban J connectivity index is 1.40. The zero-order valence-corrected chi connectivity index (χ0v) is 17.5. The lowest BCUT2D eigenvalue weighted by molar-refractivity contribution is -0.114. The molecule has 4 aliphatic rings. The molecule has 0 aliphatic heterocycles. The number of nitrogens with zero attached hydrogens (tertiary/aromatic N) is 3. The monoisotopic (exact) mass is 404 g/mol. The van der Waals surface area contributed by atoms with Crippen LogP contribution in [-0.2, 0) is 10.0 Å². The molecule has 0 aromatic carbocycles. The number of nitrogens with one attached hydrogen (secondary N) is 1. The molecule has 0 saturated heterocycles. The van der Waals surface area contributed by atoms with Crippen LogP contribution >= 0.6 is 0 Å². The Kier molecular flexibility index (Phi) is 3.96. The molecular weight excluding hydrogens is 376 g/mol. The summed E-state index contributed by atoms with van der Waals surface area (Å²) in [5.74, 6) is 3.85. The minimum absolute atomic E-state index is 0.223. The van der Waals surface area contributed by atoms with Crippen LogP contribution in [0, 0.1) is 23.2 Å². The van der Waals surface area contributed by atoms with Crippen molar-refractivity contribution in [1.29, 1.82) is 0 Å². The fourth-order valence-corrected chi connectivity index (χ4v) is 5.82. The highest BCUT2D eigenvalue weighted by atomic mass is 32.2. The van der Waals surface area contributed by atoms with Gasteiger partial charge in [-0.05, 0) is 61.2 Å². The second-order valence-corrected chi connectivity index (χ2v) is 11.3. The molecule has 4 fully saturated rings. The van der Waals surface area contributed by atoms with E-state index >= 15 is 0 Å². The van der Waals surface area contributed by atoms with Crippen molar-refractivity contribution in [2.24, 2.45) is 23.2 Å². The fourth-order valence-electron chi connectivity index (χ4n) is 5.35. The molecular formula is C20H28N4O3S. The van der Waals surface area contributed by atoms with E-state index in [2.05, 4.69) is 28.8 Å². The molecule has 8 heteroatoms. The number of aromatic nitrogens is 3. The molecule has 2 bridgehead atoms. The van der Waals surface area contributed by atoms with Crippen molar-refractivity contribution in [3.05, 3.63) is 17.8 Å². The molecule has 0 amide bonds. The maximum atomic E-state index is 11.6. The van der Waals surface area contributed by atoms with Crippen LogP contribution in [-0.4, -0.2) is 35.9 Å². The molecule has 1 N–H and O–H groups in total. The van der Waals surface area contributed by atoms with Gasteiger partial charge in [-0.3, -0.25) is 9.12 Å². The molecule has 2 heterocycles. The molecule has 4 aliphatic carbocycles. The lowest BCUT2D eigenvalue weighted by atomic mass is 9.46. The molecule has 7 nitrogen and oxygen atoms in total. The first-order valence-corrected chi connectivity index (χ1v) is 12.1. The summed E-state index contributed by atoms with van der Waals surface area (Å²) < 4.78 is 33.7. The van der Waals surface area contributed by atoms with Gasteiger partial charge in [-0.25, -0.2) is 8.42 Å². The smallest absolute Gasteiger partial charge is 0.242 e. The SMILES string of the molecule is CC1(C)C2CCC(COc3cc4nnc(NS(C)(=O)=O)n4cc3C3CC3)C1C2. The van der Waals surface area contributed by atoms with Crippen LogP contribution in [0.15, 0.2) is 12.3 Å². The van der Waals surface area contributed by atoms with E-state index in [0.29, 0.717) is 22.9 Å². The maximum Gasteiger partial charge on any atom is 0.242 e. The third-order valence-electron chi connectivity index (χ3n) is 7.28. The first-order valence-electron chi connectivity index (χ1n) is 10.2. The predicted molar refractivity (Wildman–Crippen MR) is 107 cm³/mol. The van der Waals surface area contributed by atoms with Gasteiger partial charge in [0, 0.05) is 17.8 Å². The Hall–Kier alpha value is -1.83. The van der Waals surface area contributed by atoms with Crippen LogP contribution < -0.4 is 9.46 Å². The van der Waals surface area contributed by atoms with E-state index in [4.69, 9.17) is 4.74 Å². The summed E-state index contributed by atoms with van der Waals surface area (Å²) in [6.07, 6.45) is 9.26. The molecule has 0 spiro atoms. The third kappa shape index (κ3) is 3.06. The molecule has 4 saturated carbocycles. The Bertz CT molecular complexity index is 1020. The topological polar surface area (TPSA) is 85.6 Å². The number of fused-ring (bicyclic) bond motifs is 3. The largest absolute Gasteiger partial charge is 0.493 e. The van der Waals surface area contributed by atoms with Gasteiger partial charge in [0.2, 0.25) is 16.0 Å². The predicted octanol–water partition coefficient (Wildman–Crippen LogP) is 3.43. The van der Waals surface area contributed by atoms with Crippen molar-refractivity contribution < 1.29 is 13.2 Å². The van der Waals surface area contributed by atoms with E-state index < -0.39 is 10.0 Å². The Morgan fingerprint density at radius 1 is 1.25 bits per heavy atom. The van der Waals surface area contributed by atoms with Gasteiger partial charge in [0.25, 0.3) is 0 Å². The fraction of sp³-hybridized carbons (Fsp3) is 0.700. The molecule has 0 radical (unpaired) electrons. The van der Waals surface area contributed by atoms with Crippen LogP contribution in [0.4, 0.5) is 5.95 Å². The van der Waals surface area contributed by atoms with Crippen molar-refractivity contribution in [3.63, 3.8) is 0 Å². The van der Waals surface area contributed by atoms with E-state index in [-0.39, 0.29) is 5.95 Å². The van der Waals surface area contributed by atoms with Crippen LogP contribution in [0.3, 0.4) is 0 Å². The van der Waals surface area contributed by atoms with Crippen molar-refractivity contribution in [1.82, 2.24) is 14.6 Å². The van der Waals surface area contributed by atoms with Crippen molar-refractivity contribution >= 4 is 21.6 Å². The molecule has 2 aromatic rings. The second-order valence-electron chi connectivity index (χ2n) is 9.50. The number of sulfonamides is 1. The normalized spacial score (nSPS) is 28.8. The van der Waals surface area contributed by atoms with Gasteiger partial charge in [0.15, 0.2) is 5.65 Å². The summed E-state index contributed by atoms with van der Waals surface area (Å²) in [6.45, 7) is 5.57. The average Bonchev–Trinajstić information content (AvgIpc) is 3.41. The van der Waals surface area contributed by atoms with Crippen LogP contribution in [0.2, 0.25) is 0 Å². The first kappa shape index (κ1) is 18.2. The highest BCUT2D eigenvalue weighted by Crippen LogP contribution is 2.61. The maximum absolute atomic E-state index is 11.6. The second kappa shape index (κ2) is 6.08. The van der Waals surface area contributed by atoms with Crippen LogP contribution in [0.1, 0.15) is 57.4 Å². The zero-order valence-electron chi connectivity index (χ0n) is 16.7.